The van der Waals surface area contributed by atoms with Crippen LogP contribution in [0.3, 0.4) is 0 Å². The smallest absolute Gasteiger partial charge is 0.403 e. The van der Waals surface area contributed by atoms with E-state index in [0.29, 0.717) is 0 Å². The average molecular weight is 349 g/mol. The summed E-state index contributed by atoms with van der Waals surface area (Å²) in [6.45, 7) is 9.16. The molecule has 0 bridgehead atoms. The summed E-state index contributed by atoms with van der Waals surface area (Å²) < 4.78 is 45.6. The molecule has 23 heavy (non-hydrogen) atoms. The van der Waals surface area contributed by atoms with Gasteiger partial charge in [-0.05, 0) is 23.7 Å². The van der Waals surface area contributed by atoms with Gasteiger partial charge in [-0.3, -0.25) is 10.1 Å². The summed E-state index contributed by atoms with van der Waals surface area (Å²) in [5, 5.41) is 10.7. The van der Waals surface area contributed by atoms with Crippen molar-refractivity contribution >= 4 is 8.32 Å². The molecule has 8 heteroatoms. The molecule has 0 aromatic heterocycles. The fourth-order valence-corrected chi connectivity index (χ4v) is 3.11. The van der Waals surface area contributed by atoms with E-state index >= 15 is 0 Å². The summed E-state index contributed by atoms with van der Waals surface area (Å²) in [5.41, 5.74) is 0.163. The Balaban J connectivity index is 3.37. The maximum absolute atomic E-state index is 13.3. The van der Waals surface area contributed by atoms with Gasteiger partial charge in [-0.2, -0.15) is 13.2 Å². The lowest BCUT2D eigenvalue weighted by molar-refractivity contribution is -0.574. The Morgan fingerprint density at radius 3 is 1.96 bits per heavy atom. The van der Waals surface area contributed by atoms with Crippen molar-refractivity contribution in [2.75, 3.05) is 0 Å². The van der Waals surface area contributed by atoms with Gasteiger partial charge in [-0.25, -0.2) is 0 Å². The highest BCUT2D eigenvalue weighted by atomic mass is 28.4. The van der Waals surface area contributed by atoms with Gasteiger partial charge < -0.3 is 4.43 Å². The Morgan fingerprint density at radius 1 is 1.13 bits per heavy atom. The van der Waals surface area contributed by atoms with Gasteiger partial charge in [-0.15, -0.1) is 0 Å². The zero-order valence-corrected chi connectivity index (χ0v) is 14.8. The third kappa shape index (κ3) is 4.78. The van der Waals surface area contributed by atoms with E-state index < -0.39 is 31.6 Å². The number of halogens is 3. The van der Waals surface area contributed by atoms with E-state index in [2.05, 4.69) is 0 Å². The zero-order chi connectivity index (χ0) is 18.1. The molecule has 1 rings (SSSR count). The standard InChI is InChI=1S/C15H22F3NO3Si/c1-14(2,3)23(4,5)22-12(11-9-7-6-8-10-11)13(19(20)21)15(16,17)18/h6-10,12-13H,1-5H3/t12-,13-/m1/s1. The lowest BCUT2D eigenvalue weighted by atomic mass is 10.0. The van der Waals surface area contributed by atoms with Gasteiger partial charge >= 0.3 is 12.2 Å². The fourth-order valence-electron chi connectivity index (χ4n) is 1.85. The van der Waals surface area contributed by atoms with Crippen molar-refractivity contribution in [3.8, 4) is 0 Å². The molecule has 0 aliphatic heterocycles. The van der Waals surface area contributed by atoms with E-state index in [0.717, 1.165) is 0 Å². The van der Waals surface area contributed by atoms with Crippen LogP contribution in [0.25, 0.3) is 0 Å². The van der Waals surface area contributed by atoms with Crippen LogP contribution >= 0.6 is 0 Å². The molecule has 0 unspecified atom stereocenters. The van der Waals surface area contributed by atoms with Crippen LogP contribution < -0.4 is 0 Å². The monoisotopic (exact) mass is 349 g/mol. The topological polar surface area (TPSA) is 52.4 Å². The minimum Gasteiger partial charge on any atom is -0.403 e. The SMILES string of the molecule is CC(C)(C)[Si](C)(C)O[C@H](c1ccccc1)[C@@H]([N+](=O)[O-])C(F)(F)F. The van der Waals surface area contributed by atoms with E-state index in [4.69, 9.17) is 4.43 Å². The maximum atomic E-state index is 13.3. The summed E-state index contributed by atoms with van der Waals surface area (Å²) in [6.07, 6.45) is -6.65. The number of alkyl halides is 3. The van der Waals surface area contributed by atoms with Crippen molar-refractivity contribution in [1.82, 2.24) is 0 Å². The van der Waals surface area contributed by atoms with E-state index in [1.165, 1.54) is 12.1 Å². The molecule has 0 radical (unpaired) electrons. The summed E-state index contributed by atoms with van der Waals surface area (Å²) in [7, 11) is -2.64. The lowest BCUT2D eigenvalue weighted by Gasteiger charge is -2.39. The summed E-state index contributed by atoms with van der Waals surface area (Å²) in [6, 6.07) is 4.80. The van der Waals surface area contributed by atoms with Crippen LogP contribution in [0.1, 0.15) is 32.4 Å². The van der Waals surface area contributed by atoms with E-state index in [1.54, 1.807) is 31.3 Å². The van der Waals surface area contributed by atoms with Crippen molar-refractivity contribution < 1.29 is 22.5 Å². The Kier molecular flexibility index (Phi) is 5.64. The average Bonchev–Trinajstić information content (AvgIpc) is 2.35. The predicted molar refractivity (Wildman–Crippen MR) is 84.3 cm³/mol. The van der Waals surface area contributed by atoms with Crippen LogP contribution in [-0.2, 0) is 4.43 Å². The van der Waals surface area contributed by atoms with Crippen molar-refractivity contribution in [1.29, 1.82) is 0 Å². The maximum Gasteiger partial charge on any atom is 0.460 e. The van der Waals surface area contributed by atoms with Gasteiger partial charge in [0.05, 0.1) is 0 Å². The molecule has 0 aliphatic carbocycles. The Labute approximate surface area is 134 Å². The first-order chi connectivity index (χ1) is 10.3. The number of hydrogen-bond acceptors (Lipinski definition) is 3. The second-order valence-corrected chi connectivity index (χ2v) is 11.7. The van der Waals surface area contributed by atoms with Gasteiger partial charge in [0.15, 0.2) is 8.32 Å². The van der Waals surface area contributed by atoms with Crippen LogP contribution in [0.15, 0.2) is 30.3 Å². The van der Waals surface area contributed by atoms with Crippen molar-refractivity contribution in [3.63, 3.8) is 0 Å². The highest BCUT2D eigenvalue weighted by Gasteiger charge is 2.57. The van der Waals surface area contributed by atoms with Gasteiger partial charge in [-0.1, -0.05) is 51.1 Å². The van der Waals surface area contributed by atoms with Gasteiger partial charge in [0, 0.05) is 4.92 Å². The second-order valence-electron chi connectivity index (χ2n) is 6.98. The first-order valence-corrected chi connectivity index (χ1v) is 10.1. The van der Waals surface area contributed by atoms with Gasteiger partial charge in [0.1, 0.15) is 6.10 Å². The number of nitrogens with zero attached hydrogens (tertiary/aromatic N) is 1. The zero-order valence-electron chi connectivity index (χ0n) is 13.8. The molecule has 1 aromatic carbocycles. The van der Waals surface area contributed by atoms with Crippen LogP contribution in [-0.4, -0.2) is 25.5 Å². The Hall–Kier alpha value is -1.41. The molecule has 0 saturated carbocycles. The highest BCUT2D eigenvalue weighted by molar-refractivity contribution is 6.74. The van der Waals surface area contributed by atoms with Crippen molar-refractivity contribution in [2.45, 2.75) is 57.2 Å². The summed E-state index contributed by atoms with van der Waals surface area (Å²) >= 11 is 0. The molecule has 1 aromatic rings. The Morgan fingerprint density at radius 2 is 1.61 bits per heavy atom. The first kappa shape index (κ1) is 19.6. The number of hydrogen-bond donors (Lipinski definition) is 0. The molecule has 0 spiro atoms. The van der Waals surface area contributed by atoms with Crippen molar-refractivity contribution in [3.05, 3.63) is 46.0 Å². The Bertz CT molecular complexity index is 541. The molecule has 0 saturated heterocycles. The number of nitro groups is 1. The van der Waals surface area contributed by atoms with E-state index in [1.807, 2.05) is 20.8 Å². The predicted octanol–water partition coefficient (Wildman–Crippen LogP) is 4.96. The third-order valence-electron chi connectivity index (χ3n) is 4.21. The van der Waals surface area contributed by atoms with E-state index in [-0.39, 0.29) is 10.6 Å². The fraction of sp³-hybridized carbons (Fsp3) is 0.600. The van der Waals surface area contributed by atoms with Gasteiger partial charge in [0.2, 0.25) is 0 Å². The molecule has 0 fully saturated rings. The third-order valence-corrected chi connectivity index (χ3v) is 8.66. The van der Waals surface area contributed by atoms with E-state index in [9.17, 15) is 23.3 Å². The molecule has 0 aliphatic rings. The molecular weight excluding hydrogens is 327 g/mol. The lowest BCUT2D eigenvalue weighted by Crippen LogP contribution is -2.49. The molecule has 0 amide bonds. The molecule has 0 heterocycles. The molecule has 0 N–H and O–H groups in total. The largest absolute Gasteiger partial charge is 0.460 e. The van der Waals surface area contributed by atoms with Crippen LogP contribution in [0.5, 0.6) is 0 Å². The summed E-state index contributed by atoms with van der Waals surface area (Å²) in [4.78, 5) is 9.82. The molecular formula is C15H22F3NO3Si. The first-order valence-electron chi connectivity index (χ1n) is 7.20. The highest BCUT2D eigenvalue weighted by Crippen LogP contribution is 2.43. The van der Waals surface area contributed by atoms with Gasteiger partial charge in [0.25, 0.3) is 0 Å². The number of benzene rings is 1. The second kappa shape index (κ2) is 6.60. The molecule has 130 valence electrons. The van der Waals surface area contributed by atoms with Crippen LogP contribution in [0, 0.1) is 10.1 Å². The quantitative estimate of drug-likeness (QED) is 0.429. The molecule has 4 nitrogen and oxygen atoms in total. The summed E-state index contributed by atoms with van der Waals surface area (Å²) in [5.74, 6) is 0. The van der Waals surface area contributed by atoms with Crippen LogP contribution in [0.4, 0.5) is 13.2 Å². The minimum absolute atomic E-state index is 0.163. The number of rotatable bonds is 5. The van der Waals surface area contributed by atoms with Crippen LogP contribution in [0.2, 0.25) is 18.1 Å². The minimum atomic E-state index is -4.99. The normalized spacial score (nSPS) is 16.0. The molecule has 2 atom stereocenters. The van der Waals surface area contributed by atoms with Crippen molar-refractivity contribution in [2.24, 2.45) is 0 Å².